The first-order valence-electron chi connectivity index (χ1n) is 7.45. The van der Waals surface area contributed by atoms with E-state index in [-0.39, 0.29) is 18.2 Å². The molecule has 0 saturated carbocycles. The van der Waals surface area contributed by atoms with E-state index in [4.69, 9.17) is 9.47 Å². The van der Waals surface area contributed by atoms with E-state index in [1.165, 1.54) is 0 Å². The van der Waals surface area contributed by atoms with Crippen LogP contribution in [-0.4, -0.2) is 32.6 Å². The molecule has 0 aromatic heterocycles. The second-order valence-corrected chi connectivity index (χ2v) is 6.25. The molecule has 0 amide bonds. The molecule has 0 saturated heterocycles. The molecule has 0 heterocycles. The second-order valence-electron chi connectivity index (χ2n) is 6.25. The Balaban J connectivity index is 2.20. The predicted molar refractivity (Wildman–Crippen MR) is 88.9 cm³/mol. The molecule has 0 aliphatic heterocycles. The number of hydrazone groups is 1. The van der Waals surface area contributed by atoms with E-state index in [0.29, 0.717) is 26.0 Å². The van der Waals surface area contributed by atoms with Crippen molar-refractivity contribution < 1.29 is 14.3 Å². The van der Waals surface area contributed by atoms with Gasteiger partial charge in [-0.2, -0.15) is 5.10 Å². The monoisotopic (exact) mass is 306 g/mol. The molecule has 122 valence electrons. The fraction of sp³-hybridized carbons (Fsp3) is 0.529. The summed E-state index contributed by atoms with van der Waals surface area (Å²) in [7, 11) is 0. The molecule has 1 aromatic rings. The van der Waals surface area contributed by atoms with Crippen molar-refractivity contribution in [1.82, 2.24) is 0 Å². The van der Waals surface area contributed by atoms with Gasteiger partial charge in [0.25, 0.3) is 0 Å². The zero-order chi connectivity index (χ0) is 16.4. The third-order valence-electron chi connectivity index (χ3n) is 2.81. The molecule has 0 atom stereocenters. The van der Waals surface area contributed by atoms with Crippen LogP contribution in [0.4, 0.5) is 5.69 Å². The van der Waals surface area contributed by atoms with Crippen molar-refractivity contribution in [3.63, 3.8) is 0 Å². The number of anilines is 1. The highest BCUT2D eigenvalue weighted by Crippen LogP contribution is 2.14. The van der Waals surface area contributed by atoms with Gasteiger partial charge in [0.05, 0.1) is 12.3 Å². The van der Waals surface area contributed by atoms with E-state index >= 15 is 0 Å². The van der Waals surface area contributed by atoms with Crippen molar-refractivity contribution >= 4 is 18.4 Å². The maximum atomic E-state index is 11.6. The van der Waals surface area contributed by atoms with Crippen molar-refractivity contribution in [3.05, 3.63) is 30.3 Å². The number of carbonyl (C=O) groups excluding carboxylic acids is 1. The molecule has 1 aromatic carbocycles. The fourth-order valence-electron chi connectivity index (χ4n) is 1.78. The number of nitrogens with zero attached hydrogens (tertiary/aromatic N) is 2. The number of carbonyl (C=O) groups is 1. The van der Waals surface area contributed by atoms with Crippen LogP contribution in [-0.2, 0) is 14.3 Å². The quantitative estimate of drug-likeness (QED) is 0.230. The molecular weight excluding hydrogens is 280 g/mol. The van der Waals surface area contributed by atoms with Gasteiger partial charge in [-0.25, -0.2) is 0 Å². The summed E-state index contributed by atoms with van der Waals surface area (Å²) < 4.78 is 10.3. The molecule has 0 N–H and O–H groups in total. The van der Waals surface area contributed by atoms with E-state index in [1.54, 1.807) is 5.01 Å². The Morgan fingerprint density at radius 2 is 1.95 bits per heavy atom. The Morgan fingerprint density at radius 3 is 2.55 bits per heavy atom. The van der Waals surface area contributed by atoms with E-state index < -0.39 is 0 Å². The average Bonchev–Trinajstić information content (AvgIpc) is 2.48. The predicted octanol–water partition coefficient (Wildman–Crippen LogP) is 3.45. The smallest absolute Gasteiger partial charge is 0.307 e. The lowest BCUT2D eigenvalue weighted by atomic mass is 9.99. The molecule has 1 rings (SSSR count). The molecule has 0 radical (unpaired) electrons. The lowest BCUT2D eigenvalue weighted by Gasteiger charge is -2.18. The summed E-state index contributed by atoms with van der Waals surface area (Å²) in [6, 6.07) is 9.73. The minimum atomic E-state index is -0.258. The van der Waals surface area contributed by atoms with Gasteiger partial charge in [-0.05, 0) is 24.0 Å². The molecule has 22 heavy (non-hydrogen) atoms. The summed E-state index contributed by atoms with van der Waals surface area (Å²) in [6.45, 7) is 10.9. The summed E-state index contributed by atoms with van der Waals surface area (Å²) in [5, 5.41) is 5.73. The van der Waals surface area contributed by atoms with Gasteiger partial charge in [-0.15, -0.1) is 0 Å². The first-order chi connectivity index (χ1) is 10.4. The van der Waals surface area contributed by atoms with E-state index in [9.17, 15) is 4.79 Å². The molecular formula is C17H26N2O3. The van der Waals surface area contributed by atoms with Crippen molar-refractivity contribution in [2.75, 3.05) is 25.0 Å². The van der Waals surface area contributed by atoms with Crippen LogP contribution >= 0.6 is 0 Å². The van der Waals surface area contributed by atoms with E-state index in [1.807, 2.05) is 30.3 Å². The molecule has 0 bridgehead atoms. The van der Waals surface area contributed by atoms with Gasteiger partial charge >= 0.3 is 5.97 Å². The van der Waals surface area contributed by atoms with Crippen LogP contribution in [0.5, 0.6) is 0 Å². The van der Waals surface area contributed by atoms with E-state index in [0.717, 1.165) is 5.69 Å². The van der Waals surface area contributed by atoms with Gasteiger partial charge in [0, 0.05) is 19.7 Å². The standard InChI is InChI=1S/C17H26N2O3/c1-17(2,3)13-21-14-22-16(20)11-8-12-19(18-4)15-9-6-5-7-10-15/h5-7,9-10H,4,8,11-14H2,1-3H3. The average molecular weight is 306 g/mol. The van der Waals surface area contributed by atoms with Crippen molar-refractivity contribution in [2.45, 2.75) is 33.6 Å². The number of hydrogen-bond donors (Lipinski definition) is 0. The summed E-state index contributed by atoms with van der Waals surface area (Å²) in [5.41, 5.74) is 1.03. The van der Waals surface area contributed by atoms with E-state index in [2.05, 4.69) is 32.6 Å². The minimum Gasteiger partial charge on any atom is -0.438 e. The Labute approximate surface area is 132 Å². The molecule has 0 spiro atoms. The SMILES string of the molecule is C=NN(CCCC(=O)OCOCC(C)(C)C)c1ccccc1. The largest absolute Gasteiger partial charge is 0.438 e. The van der Waals surface area contributed by atoms with Crippen LogP contribution in [0.15, 0.2) is 35.4 Å². The lowest BCUT2D eigenvalue weighted by Crippen LogP contribution is -2.20. The van der Waals surface area contributed by atoms with Crippen molar-refractivity contribution in [2.24, 2.45) is 10.5 Å². The normalized spacial score (nSPS) is 11.0. The van der Waals surface area contributed by atoms with Crippen LogP contribution in [0.1, 0.15) is 33.6 Å². The van der Waals surface area contributed by atoms with Crippen molar-refractivity contribution in [1.29, 1.82) is 0 Å². The summed E-state index contributed by atoms with van der Waals surface area (Å²) in [6.07, 6.45) is 0.976. The van der Waals surface area contributed by atoms with Gasteiger partial charge in [-0.3, -0.25) is 9.80 Å². The second kappa shape index (κ2) is 9.20. The fourth-order valence-corrected chi connectivity index (χ4v) is 1.78. The van der Waals surface area contributed by atoms with Crippen molar-refractivity contribution in [3.8, 4) is 0 Å². The highest BCUT2D eigenvalue weighted by molar-refractivity contribution is 5.69. The Bertz CT molecular complexity index is 455. The first kappa shape index (κ1) is 18.2. The van der Waals surface area contributed by atoms with Crippen LogP contribution in [0.25, 0.3) is 0 Å². The minimum absolute atomic E-state index is 0.0121. The number of ether oxygens (including phenoxy) is 2. The molecule has 0 aliphatic carbocycles. The third-order valence-corrected chi connectivity index (χ3v) is 2.81. The molecule has 5 heteroatoms. The summed E-state index contributed by atoms with van der Waals surface area (Å²) >= 11 is 0. The maximum absolute atomic E-state index is 11.6. The zero-order valence-electron chi connectivity index (χ0n) is 13.7. The molecule has 0 fully saturated rings. The Hall–Kier alpha value is -1.88. The van der Waals surface area contributed by atoms with Gasteiger partial charge in [0.1, 0.15) is 0 Å². The van der Waals surface area contributed by atoms with Crippen LogP contribution < -0.4 is 5.01 Å². The number of para-hydroxylation sites is 1. The van der Waals surface area contributed by atoms with Crippen LogP contribution in [0.3, 0.4) is 0 Å². The molecule has 5 nitrogen and oxygen atoms in total. The topological polar surface area (TPSA) is 51.1 Å². The van der Waals surface area contributed by atoms with Gasteiger partial charge in [0.2, 0.25) is 0 Å². The van der Waals surface area contributed by atoms with Crippen LogP contribution in [0.2, 0.25) is 0 Å². The van der Waals surface area contributed by atoms with Gasteiger partial charge in [0.15, 0.2) is 6.79 Å². The zero-order valence-corrected chi connectivity index (χ0v) is 13.7. The van der Waals surface area contributed by atoms with Gasteiger partial charge < -0.3 is 9.47 Å². The van der Waals surface area contributed by atoms with Gasteiger partial charge in [-0.1, -0.05) is 39.0 Å². The highest BCUT2D eigenvalue weighted by Gasteiger charge is 2.11. The van der Waals surface area contributed by atoms with Crippen LogP contribution in [0, 0.1) is 5.41 Å². The Kier molecular flexibility index (Phi) is 7.60. The highest BCUT2D eigenvalue weighted by atomic mass is 16.7. The number of hydrogen-bond acceptors (Lipinski definition) is 5. The lowest BCUT2D eigenvalue weighted by molar-refractivity contribution is -0.158. The summed E-state index contributed by atoms with van der Waals surface area (Å²) in [4.78, 5) is 11.6. The maximum Gasteiger partial charge on any atom is 0.307 e. The Morgan fingerprint density at radius 1 is 1.27 bits per heavy atom. The third kappa shape index (κ3) is 7.78. The summed E-state index contributed by atoms with van der Waals surface area (Å²) in [5.74, 6) is -0.258. The first-order valence-corrected chi connectivity index (χ1v) is 7.45. The molecule has 0 aliphatic rings. The molecule has 0 unspecified atom stereocenters. The number of rotatable bonds is 9. The number of benzene rings is 1. The number of esters is 1.